The van der Waals surface area contributed by atoms with Crippen molar-refractivity contribution < 1.29 is 33.0 Å². The minimum Gasteiger partial charge on any atom is -0.494 e. The number of nitrogens with zero attached hydrogens (tertiary/aromatic N) is 6. The number of piperidine rings is 2. The second kappa shape index (κ2) is 20.5. The standard InChI is InChI=1S/C50H57ClFN9O6/c51-36-13-16-54-42(29-36)56-48(65)34-7-10-39(40(52)28-34)44-45-46(53)55-17-21-61(45)49(58-44)60-19-14-50(15-20-60)30-59(31-50)18-1-2-22-66-23-3-4-24-67-37-9-11-38-35(27-37)25-32(26-41(38)62)5-6-33-8-12-43(63)57-47(33)64/h7,9-11,13,16-17,21,27-29,32-33H,1-6,8,12,14-15,18-20,22-26,30-31H2,(H2,53,55)(H,54,56,65)(H,57,63,64). The van der Waals surface area contributed by atoms with Crippen LogP contribution in [-0.4, -0.2) is 100 Å². The van der Waals surface area contributed by atoms with E-state index in [4.69, 9.17) is 31.8 Å². The van der Waals surface area contributed by atoms with E-state index in [9.17, 15) is 19.2 Å². The fourth-order valence-corrected chi connectivity index (χ4v) is 10.3. The number of hydrogen-bond donors (Lipinski definition) is 3. The van der Waals surface area contributed by atoms with Crippen LogP contribution in [0.25, 0.3) is 16.8 Å². The number of likely N-dealkylation sites (tertiary alicyclic amines) is 1. The first-order chi connectivity index (χ1) is 32.5. The van der Waals surface area contributed by atoms with Gasteiger partial charge in [0.15, 0.2) is 5.78 Å². The molecular formula is C50H57ClFN9O6. The van der Waals surface area contributed by atoms with E-state index in [2.05, 4.69) is 30.4 Å². The van der Waals surface area contributed by atoms with Crippen LogP contribution in [0.15, 0.2) is 67.1 Å². The first kappa shape index (κ1) is 46.2. The molecule has 1 spiro atoms. The van der Waals surface area contributed by atoms with Gasteiger partial charge >= 0.3 is 0 Å². The number of nitrogen functional groups attached to an aromatic ring is 1. The Balaban J connectivity index is 0.661. The van der Waals surface area contributed by atoms with E-state index in [-0.39, 0.29) is 57.6 Å². The Morgan fingerprint density at radius 1 is 0.925 bits per heavy atom. The molecule has 0 bridgehead atoms. The molecule has 0 saturated carbocycles. The molecule has 352 valence electrons. The Labute approximate surface area is 394 Å². The summed E-state index contributed by atoms with van der Waals surface area (Å²) in [6.07, 6.45) is 14.6. The Kier molecular flexibility index (Phi) is 14.1. The molecule has 2 atom stereocenters. The van der Waals surface area contributed by atoms with Crippen LogP contribution in [0.2, 0.25) is 5.02 Å². The van der Waals surface area contributed by atoms with Gasteiger partial charge in [0, 0.05) is 98.5 Å². The van der Waals surface area contributed by atoms with Gasteiger partial charge in [-0.1, -0.05) is 11.6 Å². The van der Waals surface area contributed by atoms with Gasteiger partial charge in [0.05, 0.1) is 6.61 Å². The van der Waals surface area contributed by atoms with E-state index in [1.165, 1.54) is 18.3 Å². The number of ether oxygens (including phenoxy) is 2. The summed E-state index contributed by atoms with van der Waals surface area (Å²) in [6.45, 7) is 6.86. The molecule has 3 fully saturated rings. The number of pyridine rings is 1. The number of imidazole rings is 1. The normalized spacial score (nSPS) is 19.3. The van der Waals surface area contributed by atoms with Crippen molar-refractivity contribution in [1.29, 1.82) is 0 Å². The van der Waals surface area contributed by atoms with Crippen LogP contribution in [0.4, 0.5) is 22.0 Å². The third kappa shape index (κ3) is 10.8. The van der Waals surface area contributed by atoms with Crippen molar-refractivity contribution in [2.75, 3.05) is 68.5 Å². The van der Waals surface area contributed by atoms with Gasteiger partial charge in [-0.3, -0.25) is 28.9 Å². The van der Waals surface area contributed by atoms with Gasteiger partial charge in [0.2, 0.25) is 17.8 Å². The van der Waals surface area contributed by atoms with E-state index in [0.717, 1.165) is 108 Å². The zero-order valence-electron chi connectivity index (χ0n) is 37.6. The first-order valence-electron chi connectivity index (χ1n) is 23.5. The number of nitrogens with one attached hydrogen (secondary N) is 2. The van der Waals surface area contributed by atoms with E-state index < -0.39 is 11.7 Å². The van der Waals surface area contributed by atoms with Gasteiger partial charge in [-0.25, -0.2) is 19.3 Å². The van der Waals surface area contributed by atoms with Gasteiger partial charge in [-0.05, 0) is 136 Å². The number of carbonyl (C=O) groups excluding carboxylic acids is 4. The SMILES string of the molecule is Nc1nccn2c(N3CCC4(CC3)CN(CCCCOCCCCOc3ccc5c(c3)CC(CCC3CCC(=O)NC3=O)CC5=O)C4)nc(-c3ccc(C(=O)Nc4cc(Cl)ccn4)cc3F)c12. The Bertz CT molecular complexity index is 2640. The number of rotatable bonds is 18. The number of fused-ring (bicyclic) bond motifs is 2. The quantitative estimate of drug-likeness (QED) is 0.0580. The molecule has 2 unspecified atom stereocenters. The maximum atomic E-state index is 15.8. The maximum absolute atomic E-state index is 15.8. The highest BCUT2D eigenvalue weighted by Gasteiger charge is 2.45. The molecule has 6 heterocycles. The lowest BCUT2D eigenvalue weighted by molar-refractivity contribution is -0.136. The minimum atomic E-state index is -0.608. The van der Waals surface area contributed by atoms with Gasteiger partial charge in [-0.15, -0.1) is 0 Å². The molecule has 9 rings (SSSR count). The van der Waals surface area contributed by atoms with E-state index >= 15 is 4.39 Å². The predicted octanol–water partition coefficient (Wildman–Crippen LogP) is 7.55. The van der Waals surface area contributed by atoms with E-state index in [1.54, 1.807) is 30.6 Å². The molecule has 0 radical (unpaired) electrons. The van der Waals surface area contributed by atoms with Crippen molar-refractivity contribution in [3.63, 3.8) is 0 Å². The number of benzene rings is 2. The molecule has 3 aliphatic heterocycles. The Morgan fingerprint density at radius 2 is 1.72 bits per heavy atom. The summed E-state index contributed by atoms with van der Waals surface area (Å²) < 4.78 is 29.7. The number of aromatic nitrogens is 4. The van der Waals surface area contributed by atoms with Crippen LogP contribution >= 0.6 is 11.6 Å². The second-order valence-electron chi connectivity index (χ2n) is 18.6. The number of unbranched alkanes of at least 4 members (excludes halogenated alkanes) is 2. The minimum absolute atomic E-state index is 0.124. The first-order valence-corrected chi connectivity index (χ1v) is 23.9. The van der Waals surface area contributed by atoms with Crippen molar-refractivity contribution in [3.8, 4) is 17.0 Å². The summed E-state index contributed by atoms with van der Waals surface area (Å²) in [7, 11) is 0. The zero-order valence-corrected chi connectivity index (χ0v) is 38.4. The monoisotopic (exact) mass is 933 g/mol. The van der Waals surface area contributed by atoms with Crippen LogP contribution in [0.5, 0.6) is 5.75 Å². The third-order valence-corrected chi connectivity index (χ3v) is 14.1. The van der Waals surface area contributed by atoms with Crippen LogP contribution < -0.4 is 26.0 Å². The molecule has 2 aromatic carbocycles. The molecular weight excluding hydrogens is 877 g/mol. The number of carbonyl (C=O) groups is 4. The maximum Gasteiger partial charge on any atom is 0.256 e. The van der Waals surface area contributed by atoms with Gasteiger partial charge in [0.25, 0.3) is 5.91 Å². The molecule has 4 aliphatic rings. The van der Waals surface area contributed by atoms with Gasteiger partial charge in [-0.2, -0.15) is 0 Å². The predicted molar refractivity (Wildman–Crippen MR) is 253 cm³/mol. The fourth-order valence-electron chi connectivity index (χ4n) is 10.2. The van der Waals surface area contributed by atoms with Gasteiger partial charge in [0.1, 0.15) is 34.4 Å². The summed E-state index contributed by atoms with van der Waals surface area (Å²) in [5.41, 5.74) is 9.68. The molecule has 4 N–H and O–H groups in total. The molecule has 3 aromatic heterocycles. The highest BCUT2D eigenvalue weighted by atomic mass is 35.5. The van der Waals surface area contributed by atoms with Crippen LogP contribution in [0.3, 0.4) is 0 Å². The largest absolute Gasteiger partial charge is 0.494 e. The third-order valence-electron chi connectivity index (χ3n) is 13.8. The molecule has 3 amide bonds. The summed E-state index contributed by atoms with van der Waals surface area (Å²) in [4.78, 5) is 67.6. The average Bonchev–Trinajstić information content (AvgIpc) is 3.69. The van der Waals surface area contributed by atoms with Crippen molar-refractivity contribution in [3.05, 3.63) is 94.7 Å². The zero-order chi connectivity index (χ0) is 46.5. The number of anilines is 3. The highest BCUT2D eigenvalue weighted by molar-refractivity contribution is 6.30. The molecule has 5 aromatic rings. The number of nitrogens with two attached hydrogens (primary N) is 1. The van der Waals surface area contributed by atoms with Crippen molar-refractivity contribution >= 4 is 58.2 Å². The number of ketones is 1. The molecule has 67 heavy (non-hydrogen) atoms. The summed E-state index contributed by atoms with van der Waals surface area (Å²) in [5.74, 6) is 0.640. The molecule has 17 heteroatoms. The lowest BCUT2D eigenvalue weighted by Crippen LogP contribution is -2.60. The van der Waals surface area contributed by atoms with E-state index in [0.29, 0.717) is 61.1 Å². The summed E-state index contributed by atoms with van der Waals surface area (Å²) >= 11 is 6.02. The highest BCUT2D eigenvalue weighted by Crippen LogP contribution is 2.42. The average molecular weight is 935 g/mol. The Morgan fingerprint density at radius 3 is 2.51 bits per heavy atom. The molecule has 1 aliphatic carbocycles. The smallest absolute Gasteiger partial charge is 0.256 e. The Hall–Kier alpha value is -5.97. The summed E-state index contributed by atoms with van der Waals surface area (Å²) in [5, 5.41) is 5.51. The second-order valence-corrected chi connectivity index (χ2v) is 19.1. The van der Waals surface area contributed by atoms with Crippen LogP contribution in [-0.2, 0) is 20.7 Å². The van der Waals surface area contributed by atoms with E-state index in [1.807, 2.05) is 22.6 Å². The fraction of sp³-hybridized carbons (Fsp3) is 0.460. The van der Waals surface area contributed by atoms with Crippen molar-refractivity contribution in [2.24, 2.45) is 17.3 Å². The molecule has 3 saturated heterocycles. The van der Waals surface area contributed by atoms with Gasteiger partial charge < -0.3 is 30.3 Å². The number of halogens is 2. The van der Waals surface area contributed by atoms with Crippen molar-refractivity contribution in [2.45, 2.75) is 77.0 Å². The number of imide groups is 1. The number of amides is 3. The number of hydrogen-bond acceptors (Lipinski definition) is 12. The van der Waals surface area contributed by atoms with Crippen molar-refractivity contribution in [1.82, 2.24) is 29.6 Å². The van der Waals surface area contributed by atoms with Crippen LogP contribution in [0.1, 0.15) is 96.9 Å². The topological polar surface area (TPSA) is 186 Å². The lowest BCUT2D eigenvalue weighted by atomic mass is 9.72. The summed E-state index contributed by atoms with van der Waals surface area (Å²) in [6, 6.07) is 13.2. The molecule has 15 nitrogen and oxygen atoms in total. The lowest BCUT2D eigenvalue weighted by Gasteiger charge is -2.54. The number of Topliss-reactive ketones (excluding diaryl/α,β-unsaturated/α-hetero) is 1. The van der Waals surface area contributed by atoms with Crippen LogP contribution in [0, 0.1) is 23.1 Å².